The molecule has 0 saturated heterocycles. The van der Waals surface area contributed by atoms with Crippen LogP contribution in [0.25, 0.3) is 17.1 Å². The summed E-state index contributed by atoms with van der Waals surface area (Å²) in [6.07, 6.45) is 4.98. The van der Waals surface area contributed by atoms with Gasteiger partial charge in [0.25, 0.3) is 0 Å². The van der Waals surface area contributed by atoms with E-state index in [9.17, 15) is 0 Å². The maximum absolute atomic E-state index is 6.25. The van der Waals surface area contributed by atoms with Crippen molar-refractivity contribution >= 4 is 24.0 Å². The van der Waals surface area contributed by atoms with Crippen LogP contribution in [0.15, 0.2) is 37.2 Å². The van der Waals surface area contributed by atoms with E-state index in [1.54, 1.807) is 11.0 Å². The zero-order valence-electron chi connectivity index (χ0n) is 13.7. The maximum Gasteiger partial charge on any atom is 0.172 e. The lowest BCUT2D eigenvalue weighted by molar-refractivity contribution is 0.620. The molecule has 4 aromatic rings. The lowest BCUT2D eigenvalue weighted by Crippen LogP contribution is -2.07. The third-order valence-electron chi connectivity index (χ3n) is 4.32. The molecule has 1 aromatic carbocycles. The monoisotopic (exact) mass is 388 g/mol. The lowest BCUT2D eigenvalue weighted by Gasteiger charge is -2.08. The van der Waals surface area contributed by atoms with E-state index in [2.05, 4.69) is 24.7 Å². The minimum Gasteiger partial charge on any atom is -0.300 e. The molecule has 0 aliphatic carbocycles. The van der Waals surface area contributed by atoms with Gasteiger partial charge < -0.3 is 4.57 Å². The number of benzene rings is 1. The molecule has 4 heterocycles. The number of hydrogen-bond donors (Lipinski definition) is 0. The van der Waals surface area contributed by atoms with Crippen LogP contribution in [0.5, 0.6) is 0 Å². The molecule has 0 atom stereocenters. The number of hydrogen-bond acceptors (Lipinski definition) is 5. The molecule has 0 amide bonds. The highest BCUT2D eigenvalue weighted by molar-refractivity contribution is 6.31. The van der Waals surface area contributed by atoms with Crippen LogP contribution in [0.2, 0.25) is 5.02 Å². The van der Waals surface area contributed by atoms with Crippen molar-refractivity contribution in [1.29, 1.82) is 0 Å². The standard InChI is InChI=1S/C16H13ClN8.ClH/c1-10-14-5-25-16(21-15(22-25)6-23-8-18-7-20-23)12-4-11(17)2-3-13(12)24(14)9-19-10;/h2-4,7-9H,5-6H2,1H3;1H. The van der Waals surface area contributed by atoms with E-state index >= 15 is 0 Å². The Hall–Kier alpha value is -2.71. The van der Waals surface area contributed by atoms with Crippen LogP contribution in [0.1, 0.15) is 17.2 Å². The van der Waals surface area contributed by atoms with Crippen molar-refractivity contribution in [3.8, 4) is 17.1 Å². The Morgan fingerprint density at radius 2 is 2.12 bits per heavy atom. The van der Waals surface area contributed by atoms with Gasteiger partial charge in [-0.25, -0.2) is 24.3 Å². The van der Waals surface area contributed by atoms with Crippen LogP contribution in [0.3, 0.4) is 0 Å². The summed E-state index contributed by atoms with van der Waals surface area (Å²) < 4.78 is 5.67. The van der Waals surface area contributed by atoms with E-state index in [-0.39, 0.29) is 12.4 Å². The summed E-state index contributed by atoms with van der Waals surface area (Å²) in [5.41, 5.74) is 3.99. The zero-order chi connectivity index (χ0) is 17.0. The summed E-state index contributed by atoms with van der Waals surface area (Å²) in [7, 11) is 0. The van der Waals surface area contributed by atoms with E-state index < -0.39 is 0 Å². The quantitative estimate of drug-likeness (QED) is 0.464. The van der Waals surface area contributed by atoms with Crippen LogP contribution in [0, 0.1) is 6.92 Å². The molecule has 1 aliphatic heterocycles. The second-order valence-corrected chi connectivity index (χ2v) is 6.35. The number of imidazole rings is 1. The minimum absolute atomic E-state index is 0. The molecule has 0 radical (unpaired) electrons. The first-order chi connectivity index (χ1) is 12.2. The summed E-state index contributed by atoms with van der Waals surface area (Å²) in [5.74, 6) is 1.47. The predicted octanol–water partition coefficient (Wildman–Crippen LogP) is 2.52. The molecule has 3 aromatic heterocycles. The van der Waals surface area contributed by atoms with Crippen LogP contribution < -0.4 is 0 Å². The summed E-state index contributed by atoms with van der Waals surface area (Å²) in [4.78, 5) is 13.1. The molecule has 0 fully saturated rings. The number of fused-ring (bicyclic) bond motifs is 5. The van der Waals surface area contributed by atoms with Crippen molar-refractivity contribution in [2.24, 2.45) is 0 Å². The molecule has 1 aliphatic rings. The van der Waals surface area contributed by atoms with Gasteiger partial charge in [0.1, 0.15) is 19.2 Å². The van der Waals surface area contributed by atoms with Crippen molar-refractivity contribution in [2.75, 3.05) is 0 Å². The average Bonchev–Trinajstić information content (AvgIpc) is 3.30. The molecular weight excluding hydrogens is 375 g/mol. The van der Waals surface area contributed by atoms with Crippen molar-refractivity contribution in [3.05, 3.63) is 59.4 Å². The van der Waals surface area contributed by atoms with Gasteiger partial charge in [-0.2, -0.15) is 10.2 Å². The van der Waals surface area contributed by atoms with Crippen LogP contribution >= 0.6 is 24.0 Å². The van der Waals surface area contributed by atoms with Crippen molar-refractivity contribution in [1.82, 2.24) is 39.1 Å². The first-order valence-corrected chi connectivity index (χ1v) is 8.16. The summed E-state index contributed by atoms with van der Waals surface area (Å²) in [5, 5.41) is 9.44. The van der Waals surface area contributed by atoms with Crippen molar-refractivity contribution in [2.45, 2.75) is 20.0 Å². The van der Waals surface area contributed by atoms with Crippen molar-refractivity contribution < 1.29 is 0 Å². The first-order valence-electron chi connectivity index (χ1n) is 7.78. The molecule has 0 bridgehead atoms. The van der Waals surface area contributed by atoms with Crippen molar-refractivity contribution in [3.63, 3.8) is 0 Å². The van der Waals surface area contributed by atoms with Gasteiger partial charge >= 0.3 is 0 Å². The Bertz CT molecular complexity index is 1080. The van der Waals surface area contributed by atoms with Crippen LogP contribution in [-0.2, 0) is 13.1 Å². The largest absolute Gasteiger partial charge is 0.300 e. The molecule has 0 spiro atoms. The van der Waals surface area contributed by atoms with Gasteiger partial charge in [0.2, 0.25) is 0 Å². The fraction of sp³-hybridized carbons (Fsp3) is 0.188. The Balaban J connectivity index is 0.00000168. The second kappa shape index (κ2) is 6.22. The van der Waals surface area contributed by atoms with Crippen LogP contribution in [0.4, 0.5) is 0 Å². The normalized spacial score (nSPS) is 11.9. The second-order valence-electron chi connectivity index (χ2n) is 5.91. The smallest absolute Gasteiger partial charge is 0.172 e. The number of rotatable bonds is 2. The van der Waals surface area contributed by atoms with Gasteiger partial charge in [0.05, 0.1) is 29.9 Å². The number of aryl methyl sites for hydroxylation is 1. The molecule has 26 heavy (non-hydrogen) atoms. The van der Waals surface area contributed by atoms with Gasteiger partial charge in [-0.15, -0.1) is 12.4 Å². The Morgan fingerprint density at radius 3 is 2.92 bits per heavy atom. The van der Waals surface area contributed by atoms with Crippen LogP contribution in [-0.4, -0.2) is 39.1 Å². The number of halogens is 2. The van der Waals surface area contributed by atoms with E-state index in [1.807, 2.05) is 36.1 Å². The van der Waals surface area contributed by atoms with Gasteiger partial charge in [-0.3, -0.25) is 0 Å². The zero-order valence-corrected chi connectivity index (χ0v) is 15.3. The SMILES string of the molecule is Cc1ncn2c1Cn1nc(Cn3cncn3)nc1-c1cc(Cl)ccc1-2.Cl. The van der Waals surface area contributed by atoms with Gasteiger partial charge in [0.15, 0.2) is 11.6 Å². The van der Waals surface area contributed by atoms with Gasteiger partial charge in [-0.1, -0.05) is 11.6 Å². The van der Waals surface area contributed by atoms with E-state index in [0.29, 0.717) is 23.9 Å². The molecule has 10 heteroatoms. The predicted molar refractivity (Wildman–Crippen MR) is 97.8 cm³/mol. The summed E-state index contributed by atoms with van der Waals surface area (Å²) in [6, 6.07) is 5.78. The molecule has 132 valence electrons. The molecule has 8 nitrogen and oxygen atoms in total. The molecule has 0 saturated carbocycles. The van der Waals surface area contributed by atoms with E-state index in [0.717, 1.165) is 28.5 Å². The highest BCUT2D eigenvalue weighted by Crippen LogP contribution is 2.33. The molecule has 0 N–H and O–H groups in total. The Labute approximate surface area is 159 Å². The average molecular weight is 389 g/mol. The number of aromatic nitrogens is 8. The molecule has 0 unspecified atom stereocenters. The third kappa shape index (κ3) is 2.58. The lowest BCUT2D eigenvalue weighted by atomic mass is 10.1. The summed E-state index contributed by atoms with van der Waals surface area (Å²) in [6.45, 7) is 3.06. The Morgan fingerprint density at radius 1 is 1.23 bits per heavy atom. The summed E-state index contributed by atoms with van der Waals surface area (Å²) >= 11 is 6.25. The Kier molecular flexibility index (Phi) is 4.01. The number of nitrogens with zero attached hydrogens (tertiary/aromatic N) is 8. The van der Waals surface area contributed by atoms with E-state index in [1.165, 1.54) is 6.33 Å². The highest BCUT2D eigenvalue weighted by atomic mass is 35.5. The maximum atomic E-state index is 6.25. The minimum atomic E-state index is 0. The van der Waals surface area contributed by atoms with Gasteiger partial charge in [-0.05, 0) is 25.1 Å². The highest BCUT2D eigenvalue weighted by Gasteiger charge is 2.24. The van der Waals surface area contributed by atoms with E-state index in [4.69, 9.17) is 16.6 Å². The topological polar surface area (TPSA) is 79.2 Å². The van der Waals surface area contributed by atoms with Gasteiger partial charge in [0, 0.05) is 10.6 Å². The molecular formula is C16H14Cl2N8. The third-order valence-corrected chi connectivity index (χ3v) is 4.55. The first kappa shape index (κ1) is 16.7. The fourth-order valence-corrected chi connectivity index (χ4v) is 3.30. The fourth-order valence-electron chi connectivity index (χ4n) is 3.13. The molecule has 5 rings (SSSR count).